The minimum absolute atomic E-state index is 0.0346. The highest BCUT2D eigenvalue weighted by molar-refractivity contribution is 8.01. The van der Waals surface area contributed by atoms with E-state index in [0.717, 1.165) is 36.2 Å². The topological polar surface area (TPSA) is 69.6 Å². The van der Waals surface area contributed by atoms with E-state index in [1.165, 1.54) is 0 Å². The van der Waals surface area contributed by atoms with Gasteiger partial charge in [0.15, 0.2) is 11.6 Å². The molecule has 146 valence electrons. The van der Waals surface area contributed by atoms with Crippen molar-refractivity contribution in [3.63, 3.8) is 0 Å². The fraction of sp³-hybridized carbons (Fsp3) is 0.500. The van der Waals surface area contributed by atoms with Gasteiger partial charge < -0.3 is 9.80 Å². The number of amides is 2. The summed E-state index contributed by atoms with van der Waals surface area (Å²) in [5.74, 6) is 2.03. The molecule has 0 aliphatic carbocycles. The van der Waals surface area contributed by atoms with E-state index in [9.17, 15) is 9.59 Å². The summed E-state index contributed by atoms with van der Waals surface area (Å²) in [6, 6.07) is 7.31. The van der Waals surface area contributed by atoms with Gasteiger partial charge in [0, 0.05) is 32.3 Å². The largest absolute Gasteiger partial charge is 0.357 e. The van der Waals surface area contributed by atoms with Crippen molar-refractivity contribution < 1.29 is 9.59 Å². The summed E-state index contributed by atoms with van der Waals surface area (Å²) in [6.45, 7) is 3.47. The second-order valence-electron chi connectivity index (χ2n) is 7.89. The lowest BCUT2D eigenvalue weighted by molar-refractivity contribution is -0.136. The van der Waals surface area contributed by atoms with Gasteiger partial charge >= 0.3 is 0 Å². The van der Waals surface area contributed by atoms with Crippen LogP contribution in [0.15, 0.2) is 24.3 Å². The molecule has 5 rings (SSSR count). The molecule has 7 nitrogen and oxygen atoms in total. The van der Waals surface area contributed by atoms with E-state index >= 15 is 0 Å². The zero-order chi connectivity index (χ0) is 19.5. The van der Waals surface area contributed by atoms with Crippen molar-refractivity contribution in [1.29, 1.82) is 0 Å². The molecule has 2 amide bonds. The lowest BCUT2D eigenvalue weighted by Crippen LogP contribution is -2.51. The SMILES string of the molecule is CN1CCCN(C(=O)[C@@H]2CS[C@]3(C)CCC(=O)N23)c2nc3ccccc3nc21. The van der Waals surface area contributed by atoms with E-state index in [1.54, 1.807) is 16.7 Å². The van der Waals surface area contributed by atoms with Gasteiger partial charge in [-0.25, -0.2) is 9.97 Å². The van der Waals surface area contributed by atoms with Crippen molar-refractivity contribution in [3.8, 4) is 0 Å². The molecular formula is C20H23N5O2S. The van der Waals surface area contributed by atoms with Crippen LogP contribution in [0.2, 0.25) is 0 Å². The Balaban J connectivity index is 1.57. The van der Waals surface area contributed by atoms with Crippen molar-refractivity contribution in [2.75, 3.05) is 35.7 Å². The Kier molecular flexibility index (Phi) is 4.01. The van der Waals surface area contributed by atoms with Gasteiger partial charge in [-0.15, -0.1) is 11.8 Å². The average molecular weight is 398 g/mol. The molecule has 1 aromatic heterocycles. The molecule has 8 heteroatoms. The molecule has 2 atom stereocenters. The first-order valence-electron chi connectivity index (χ1n) is 9.73. The monoisotopic (exact) mass is 397 g/mol. The number of aromatic nitrogens is 2. The molecule has 3 aliphatic heterocycles. The van der Waals surface area contributed by atoms with E-state index in [-0.39, 0.29) is 16.7 Å². The fourth-order valence-corrected chi connectivity index (χ4v) is 5.92. The van der Waals surface area contributed by atoms with Crippen LogP contribution in [0.4, 0.5) is 11.6 Å². The van der Waals surface area contributed by atoms with Crippen LogP contribution in [-0.2, 0) is 9.59 Å². The molecule has 0 bridgehead atoms. The Morgan fingerprint density at radius 2 is 1.89 bits per heavy atom. The van der Waals surface area contributed by atoms with Crippen molar-refractivity contribution >= 4 is 46.2 Å². The van der Waals surface area contributed by atoms with Crippen molar-refractivity contribution in [2.24, 2.45) is 0 Å². The Morgan fingerprint density at radius 3 is 2.64 bits per heavy atom. The van der Waals surface area contributed by atoms with Crippen molar-refractivity contribution in [1.82, 2.24) is 14.9 Å². The van der Waals surface area contributed by atoms with Crippen LogP contribution in [0.1, 0.15) is 26.2 Å². The predicted octanol–water partition coefficient (Wildman–Crippen LogP) is 2.26. The van der Waals surface area contributed by atoms with Gasteiger partial charge in [0.25, 0.3) is 5.91 Å². The fourth-order valence-electron chi connectivity index (χ4n) is 4.49. The minimum atomic E-state index is -0.422. The maximum Gasteiger partial charge on any atom is 0.251 e. The highest BCUT2D eigenvalue weighted by Gasteiger charge is 2.54. The van der Waals surface area contributed by atoms with E-state index in [1.807, 2.05) is 36.2 Å². The van der Waals surface area contributed by atoms with Crippen LogP contribution in [0.5, 0.6) is 0 Å². The molecule has 0 saturated carbocycles. The summed E-state index contributed by atoms with van der Waals surface area (Å²) in [5.41, 5.74) is 1.60. The number of hydrogen-bond donors (Lipinski definition) is 0. The van der Waals surface area contributed by atoms with Crippen LogP contribution in [0, 0.1) is 0 Å². The smallest absolute Gasteiger partial charge is 0.251 e. The molecule has 28 heavy (non-hydrogen) atoms. The summed E-state index contributed by atoms with van der Waals surface area (Å²) in [5, 5.41) is 0. The summed E-state index contributed by atoms with van der Waals surface area (Å²) >= 11 is 1.72. The average Bonchev–Trinajstić information content (AvgIpc) is 3.13. The molecule has 1 aromatic carbocycles. The third-order valence-corrected chi connectivity index (χ3v) is 7.53. The second-order valence-corrected chi connectivity index (χ2v) is 9.39. The molecule has 0 unspecified atom stereocenters. The molecule has 4 heterocycles. The number of hydrogen-bond acceptors (Lipinski definition) is 6. The number of carbonyl (C=O) groups is 2. The highest BCUT2D eigenvalue weighted by Crippen LogP contribution is 2.48. The van der Waals surface area contributed by atoms with Crippen LogP contribution in [-0.4, -0.2) is 63.5 Å². The Bertz CT molecular complexity index is 982. The van der Waals surface area contributed by atoms with Gasteiger partial charge in [0.05, 0.1) is 15.9 Å². The minimum Gasteiger partial charge on any atom is -0.357 e. The van der Waals surface area contributed by atoms with Gasteiger partial charge in [-0.2, -0.15) is 0 Å². The number of fused-ring (bicyclic) bond motifs is 3. The van der Waals surface area contributed by atoms with Crippen LogP contribution in [0.25, 0.3) is 11.0 Å². The quantitative estimate of drug-likeness (QED) is 0.735. The molecule has 0 radical (unpaired) electrons. The van der Waals surface area contributed by atoms with Gasteiger partial charge in [-0.05, 0) is 31.9 Å². The first-order valence-corrected chi connectivity index (χ1v) is 10.7. The lowest BCUT2D eigenvalue weighted by atomic mass is 10.2. The first kappa shape index (κ1) is 17.7. The summed E-state index contributed by atoms with van der Waals surface area (Å²) in [7, 11) is 1.99. The Morgan fingerprint density at radius 1 is 1.18 bits per heavy atom. The van der Waals surface area contributed by atoms with E-state index in [0.29, 0.717) is 24.5 Å². The predicted molar refractivity (Wildman–Crippen MR) is 111 cm³/mol. The number of para-hydroxylation sites is 2. The van der Waals surface area contributed by atoms with Gasteiger partial charge in [-0.1, -0.05) is 12.1 Å². The van der Waals surface area contributed by atoms with Gasteiger partial charge in [0.2, 0.25) is 5.91 Å². The molecule has 2 aromatic rings. The second kappa shape index (κ2) is 6.34. The molecule has 0 spiro atoms. The van der Waals surface area contributed by atoms with Gasteiger partial charge in [0.1, 0.15) is 6.04 Å². The third kappa shape index (κ3) is 2.57. The molecule has 2 saturated heterocycles. The molecular weight excluding hydrogens is 374 g/mol. The third-order valence-electron chi connectivity index (χ3n) is 6.02. The summed E-state index contributed by atoms with van der Waals surface area (Å²) < 4.78 is 0. The lowest BCUT2D eigenvalue weighted by Gasteiger charge is -2.32. The van der Waals surface area contributed by atoms with Crippen LogP contribution in [0.3, 0.4) is 0 Å². The van der Waals surface area contributed by atoms with Crippen molar-refractivity contribution in [3.05, 3.63) is 24.3 Å². The van der Waals surface area contributed by atoms with Crippen LogP contribution < -0.4 is 9.80 Å². The first-order chi connectivity index (χ1) is 13.5. The van der Waals surface area contributed by atoms with Crippen molar-refractivity contribution in [2.45, 2.75) is 37.1 Å². The maximum absolute atomic E-state index is 13.6. The molecule has 2 fully saturated rings. The number of benzene rings is 1. The van der Waals surface area contributed by atoms with E-state index < -0.39 is 6.04 Å². The molecule has 0 N–H and O–H groups in total. The number of thioether (sulfide) groups is 1. The number of nitrogens with zero attached hydrogens (tertiary/aromatic N) is 5. The number of anilines is 2. The Labute approximate surface area is 168 Å². The summed E-state index contributed by atoms with van der Waals surface area (Å²) in [4.78, 5) is 41.1. The molecule has 3 aliphatic rings. The van der Waals surface area contributed by atoms with E-state index in [4.69, 9.17) is 9.97 Å². The summed E-state index contributed by atoms with van der Waals surface area (Å²) in [6.07, 6.45) is 2.17. The zero-order valence-electron chi connectivity index (χ0n) is 16.1. The normalized spacial score (nSPS) is 27.1. The van der Waals surface area contributed by atoms with Crippen LogP contribution >= 0.6 is 11.8 Å². The maximum atomic E-state index is 13.6. The van der Waals surface area contributed by atoms with E-state index in [2.05, 4.69) is 11.8 Å². The zero-order valence-corrected chi connectivity index (χ0v) is 16.9. The number of rotatable bonds is 1. The van der Waals surface area contributed by atoms with Gasteiger partial charge in [-0.3, -0.25) is 14.5 Å². The standard InChI is InChI=1S/C20H23N5O2S/c1-20-9-8-16(26)25(20)15(12-28-20)19(27)24-11-5-10-23(2)17-18(24)22-14-7-4-3-6-13(14)21-17/h3-4,6-7,15H,5,8-12H2,1-2H3/t15-,20+/m0/s1. The Hall–Kier alpha value is -2.35. The highest BCUT2D eigenvalue weighted by atomic mass is 32.2. The number of carbonyl (C=O) groups excluding carboxylic acids is 2.